The lowest BCUT2D eigenvalue weighted by Gasteiger charge is -2.22. The van der Waals surface area contributed by atoms with Gasteiger partial charge in [-0.05, 0) is 121 Å². The van der Waals surface area contributed by atoms with Crippen molar-refractivity contribution in [2.75, 3.05) is 98.7 Å². The van der Waals surface area contributed by atoms with Gasteiger partial charge in [-0.1, -0.05) is 11.6 Å². The smallest absolute Gasteiger partial charge is 0.408 e. The molecular formula is C76H82ClF9N14O14S3. The van der Waals surface area contributed by atoms with Crippen LogP contribution in [0.15, 0.2) is 105 Å². The van der Waals surface area contributed by atoms with Crippen molar-refractivity contribution in [3.63, 3.8) is 0 Å². The zero-order chi connectivity index (χ0) is 84.1. The van der Waals surface area contributed by atoms with Crippen molar-refractivity contribution in [1.29, 1.82) is 0 Å². The fourth-order valence-corrected chi connectivity index (χ4v) is 19.6. The number of nitrogens with one attached hydrogen (secondary N) is 5. The molecule has 5 aliphatic heterocycles. The zero-order valence-corrected chi connectivity index (χ0v) is 67.6. The van der Waals surface area contributed by atoms with Crippen LogP contribution >= 0.6 is 11.6 Å². The highest BCUT2D eigenvalue weighted by atomic mass is 35.5. The van der Waals surface area contributed by atoms with Crippen LogP contribution in [0.3, 0.4) is 0 Å². The van der Waals surface area contributed by atoms with Gasteiger partial charge in [-0.3, -0.25) is 9.59 Å². The number of methoxy groups -OCH3 is 4. The molecule has 8 heterocycles. The number of hydrogen-bond acceptors (Lipinski definition) is 26. The number of hydrogen-bond donors (Lipinski definition) is 5. The molecule has 5 aliphatic rings. The molecular weight excluding hydrogens is 1640 g/mol. The summed E-state index contributed by atoms with van der Waals surface area (Å²) in [6.45, 7) is 5.99. The summed E-state index contributed by atoms with van der Waals surface area (Å²) in [5.41, 5.74) is 4.74. The Balaban J connectivity index is 0.000000162. The minimum atomic E-state index is -4.63. The number of fused-ring (bicyclic) bond motifs is 4. The molecule has 0 radical (unpaired) electrons. The van der Waals surface area contributed by atoms with Gasteiger partial charge < -0.3 is 69.2 Å². The molecule has 3 aromatic heterocycles. The first-order valence-electron chi connectivity index (χ1n) is 36.6. The number of amides is 2. The van der Waals surface area contributed by atoms with Crippen LogP contribution in [0.5, 0.6) is 34.5 Å². The van der Waals surface area contributed by atoms with Crippen LogP contribution in [0.25, 0.3) is 32.7 Å². The van der Waals surface area contributed by atoms with E-state index in [4.69, 9.17) is 54.2 Å². The number of ether oxygens (including phenoxy) is 9. The monoisotopic (exact) mass is 1720 g/mol. The molecule has 7 atom stereocenters. The average molecular weight is 1720 g/mol. The van der Waals surface area contributed by atoms with E-state index in [-0.39, 0.29) is 75.9 Å². The van der Waals surface area contributed by atoms with Gasteiger partial charge >= 0.3 is 12.4 Å². The molecule has 6 aromatic carbocycles. The number of aromatic nitrogens is 6. The van der Waals surface area contributed by atoms with Crippen molar-refractivity contribution in [1.82, 2.24) is 40.5 Å². The third-order valence-corrected chi connectivity index (χ3v) is 27.0. The summed E-state index contributed by atoms with van der Waals surface area (Å²) in [5.74, 6) is 1.30. The fraction of sp³-hybridized carbons (Fsp3) is 0.421. The number of alkyl halides is 6. The van der Waals surface area contributed by atoms with E-state index in [1.807, 2.05) is 5.32 Å². The maximum Gasteiger partial charge on any atom is 0.408 e. The van der Waals surface area contributed by atoms with Gasteiger partial charge in [0.25, 0.3) is 11.8 Å². The third kappa shape index (κ3) is 20.2. The van der Waals surface area contributed by atoms with E-state index < -0.39 is 102 Å². The largest absolute Gasteiger partial charge is 0.494 e. The Labute approximate surface area is 671 Å². The van der Waals surface area contributed by atoms with Crippen molar-refractivity contribution in [3.05, 3.63) is 125 Å². The predicted molar refractivity (Wildman–Crippen MR) is 422 cm³/mol. The van der Waals surface area contributed by atoms with Crippen LogP contribution in [0.4, 0.5) is 91.1 Å². The van der Waals surface area contributed by atoms with Crippen LogP contribution in [0.2, 0.25) is 5.02 Å². The van der Waals surface area contributed by atoms with Crippen molar-refractivity contribution in [2.45, 2.75) is 122 Å². The van der Waals surface area contributed by atoms with E-state index in [9.17, 15) is 61.7 Å². The molecule has 5 saturated heterocycles. The van der Waals surface area contributed by atoms with Crippen LogP contribution in [0, 0.1) is 31.3 Å². The molecule has 0 unspecified atom stereocenters. The van der Waals surface area contributed by atoms with Gasteiger partial charge in [-0.2, -0.15) is 39.4 Å². The number of rotatable bonds is 23. The molecule has 0 aliphatic carbocycles. The summed E-state index contributed by atoms with van der Waals surface area (Å²) in [7, 11) is -1.05. The number of anilines is 6. The van der Waals surface area contributed by atoms with Crippen LogP contribution in [0.1, 0.15) is 64.0 Å². The molecule has 41 heteroatoms. The first-order chi connectivity index (χ1) is 55.6. The Morgan fingerprint density at radius 2 is 0.897 bits per heavy atom. The van der Waals surface area contributed by atoms with Crippen LogP contribution in [-0.2, 0) is 53.0 Å². The average Bonchev–Trinajstić information content (AvgIpc) is 1.01. The van der Waals surface area contributed by atoms with Crippen molar-refractivity contribution in [2.24, 2.45) is 13.1 Å². The Morgan fingerprint density at radius 3 is 1.30 bits per heavy atom. The Morgan fingerprint density at radius 1 is 0.521 bits per heavy atom. The molecule has 5 fully saturated rings. The highest BCUT2D eigenvalue weighted by molar-refractivity contribution is 7.95. The molecule has 0 saturated carbocycles. The van der Waals surface area contributed by atoms with E-state index in [0.29, 0.717) is 125 Å². The van der Waals surface area contributed by atoms with E-state index in [1.54, 1.807) is 50.5 Å². The molecule has 28 nitrogen and oxygen atoms in total. The lowest BCUT2D eigenvalue weighted by atomic mass is 10.1. The standard InChI is InChI=1S/C26H28ClFN4O6S.2C25H27F4N5O4S/c1-34-19-11-36-25-20(12-37-24(19)25)38-18-9-14(28)5-6-15(18)31-26-21-16(29-13-30-26)10-17(23(35-2)22(21)27)32-39(33)7-3-4-8-39;1-13-21-18(11-19(22(13)37-4)34-39(36)8-5-9-39)30-12-31-23(21)33-17-7-6-16(26)10-20(17)38-14(2)24(35)32-15(3)25(27,28)29;1-14-21-18(11-19(22(14)37-3)34-39(36)8-4-5-9-39)31-13-32-23(21)33-17-7-6-16(26)10-20(17)38-15(2)24(35)30-12-25(27,28)29/h5-6,9-10,13,19-20,24-25H,3-4,7-8,11-12H2,1-2H3,(H,29,30,31);6-7,10-12,14-15H,5,8-9H2,1-4H3,(H,32,35)(H,30,31,33);6-7,10-11,13,15H,4-5,8-9,12H2,1-3H3,(H,30,35)(H,31,32,33)/t19-,20-,24-,25-;14-,15+;15-/m111/s1. The summed E-state index contributed by atoms with van der Waals surface area (Å²) in [5, 5.41) is 14.6. The highest BCUT2D eigenvalue weighted by Gasteiger charge is 2.50. The van der Waals surface area contributed by atoms with Gasteiger partial charge in [0.2, 0.25) is 0 Å². The zero-order valence-electron chi connectivity index (χ0n) is 64.3. The second-order valence-corrected chi connectivity index (χ2v) is 35.7. The minimum absolute atomic E-state index is 0.120. The minimum Gasteiger partial charge on any atom is -0.494 e. The summed E-state index contributed by atoms with van der Waals surface area (Å²) in [6, 6.07) is 14.1. The molecule has 5 N–H and O–H groups in total. The van der Waals surface area contributed by atoms with Crippen molar-refractivity contribution >= 4 is 137 Å². The van der Waals surface area contributed by atoms with E-state index >= 15 is 0 Å². The number of halogens is 10. The Hall–Kier alpha value is -10.1. The Kier molecular flexibility index (Phi) is 26.5. The van der Waals surface area contributed by atoms with Gasteiger partial charge in [-0.15, -0.1) is 0 Å². The second kappa shape index (κ2) is 36.0. The second-order valence-electron chi connectivity index (χ2n) is 27.7. The molecule has 9 aromatic rings. The molecule has 2 amide bonds. The van der Waals surface area contributed by atoms with Gasteiger partial charge in [0.1, 0.15) is 131 Å². The van der Waals surface area contributed by atoms with Crippen molar-refractivity contribution < 1.29 is 104 Å². The number of carbonyl (C=O) groups is 2. The van der Waals surface area contributed by atoms with Crippen molar-refractivity contribution in [3.8, 4) is 34.5 Å². The van der Waals surface area contributed by atoms with E-state index in [1.165, 1.54) is 78.4 Å². The van der Waals surface area contributed by atoms with E-state index in [0.717, 1.165) is 63.3 Å². The third-order valence-electron chi connectivity index (χ3n) is 19.5. The van der Waals surface area contributed by atoms with Crippen LogP contribution < -0.4 is 55.0 Å². The fourth-order valence-electron chi connectivity index (χ4n) is 13.4. The quantitative estimate of drug-likeness (QED) is 0.0371. The maximum atomic E-state index is 14.3. The number of aryl methyl sites for hydroxylation is 2. The molecule has 117 heavy (non-hydrogen) atoms. The van der Waals surface area contributed by atoms with E-state index in [2.05, 4.69) is 58.9 Å². The molecule has 0 spiro atoms. The summed E-state index contributed by atoms with van der Waals surface area (Å²) < 4.78 is 222. The first kappa shape index (κ1) is 86.2. The summed E-state index contributed by atoms with van der Waals surface area (Å²) >= 11 is 6.81. The highest BCUT2D eigenvalue weighted by Crippen LogP contribution is 2.48. The normalized spacial score (nSPS) is 19.1. The number of carbonyl (C=O) groups excluding carboxylic acids is 2. The number of nitrogens with zero attached hydrogens (tertiary/aromatic N) is 9. The molecule has 14 rings (SSSR count). The predicted octanol–water partition coefficient (Wildman–Crippen LogP) is 15.0. The number of benzene rings is 6. The molecule has 628 valence electrons. The van der Waals surface area contributed by atoms with Gasteiger partial charge in [-0.25, -0.2) is 55.7 Å². The summed E-state index contributed by atoms with van der Waals surface area (Å²) in [4.78, 5) is 50.4. The van der Waals surface area contributed by atoms with Gasteiger partial charge in [0.15, 0.2) is 24.1 Å². The maximum absolute atomic E-state index is 14.3. The lowest BCUT2D eigenvalue weighted by molar-refractivity contribution is -0.160. The first-order valence-corrected chi connectivity index (χ1v) is 42.5. The van der Waals surface area contributed by atoms with Crippen LogP contribution in [-0.4, -0.2) is 192 Å². The van der Waals surface area contributed by atoms with Gasteiger partial charge in [0.05, 0.1) is 108 Å². The SMILES string of the molecule is COc1c(N=S2(=O)CCC2)cc2ncnc(Nc3ccc(F)cc3O[C@H](C)C(=O)N[C@@H](C)C(F)(F)F)c2c1C.COc1c(N=S2(=O)CCCC2)cc2ncnc(Nc3ccc(F)cc3O[C@@H]3CO[C@H]4[C@@H]3OC[C@H]4OC)c2c1Cl.COc1c(N=S2(=O)CCCC2)cc2ncnc(Nc3ccc(F)cc3O[C@H](C)C(=O)NCC(F)(F)F)c2c1C. The van der Waals surface area contributed by atoms with Gasteiger partial charge in [0, 0.05) is 81.7 Å². The summed E-state index contributed by atoms with van der Waals surface area (Å²) in [6.07, 6.45) is -4.92. The Bertz CT molecular complexity index is 5650. The molecule has 0 bridgehead atoms. The lowest BCUT2D eigenvalue weighted by Crippen LogP contribution is -2.47. The topological polar surface area (TPSA) is 343 Å².